The van der Waals surface area contributed by atoms with E-state index >= 15 is 0 Å². The van der Waals surface area contributed by atoms with Gasteiger partial charge in [0.25, 0.3) is 0 Å². The number of carbonyl (C=O) groups is 1. The fourth-order valence-corrected chi connectivity index (χ4v) is 4.31. The molecule has 0 spiro atoms. The van der Waals surface area contributed by atoms with Gasteiger partial charge < -0.3 is 25.0 Å². The summed E-state index contributed by atoms with van der Waals surface area (Å²) in [5.74, 6) is 1.51. The minimum Gasteiger partial charge on any atom is -0.490 e. The molecule has 0 bridgehead atoms. The van der Waals surface area contributed by atoms with E-state index in [4.69, 9.17) is 26.0 Å². The van der Waals surface area contributed by atoms with Crippen molar-refractivity contribution in [3.8, 4) is 11.5 Å². The molecule has 1 aliphatic rings. The van der Waals surface area contributed by atoms with Crippen molar-refractivity contribution in [2.75, 3.05) is 25.0 Å². The van der Waals surface area contributed by atoms with Gasteiger partial charge in [-0.25, -0.2) is 4.79 Å². The molecule has 3 rings (SSSR count). The maximum absolute atomic E-state index is 13.3. The molecule has 1 saturated heterocycles. The van der Waals surface area contributed by atoms with E-state index in [2.05, 4.69) is 4.90 Å². The van der Waals surface area contributed by atoms with Crippen molar-refractivity contribution < 1.29 is 14.3 Å². The van der Waals surface area contributed by atoms with E-state index in [1.165, 1.54) is 0 Å². The molecule has 4 N–H and O–H groups in total. The van der Waals surface area contributed by atoms with Crippen molar-refractivity contribution in [1.82, 2.24) is 4.90 Å². The van der Waals surface area contributed by atoms with Gasteiger partial charge in [-0.3, -0.25) is 10.8 Å². The molecule has 8 heteroatoms. The third-order valence-electron chi connectivity index (χ3n) is 6.67. The Morgan fingerprint density at radius 3 is 2.34 bits per heavy atom. The highest BCUT2D eigenvalue weighted by molar-refractivity contribution is 5.96. The first-order valence-corrected chi connectivity index (χ1v) is 12.1. The van der Waals surface area contributed by atoms with Gasteiger partial charge in [0, 0.05) is 44.2 Å². The summed E-state index contributed by atoms with van der Waals surface area (Å²) in [6.45, 7) is 7.54. The standard InChI is InChI=1S/C27H37N5O3/c1-5-18(2)25(31(4)21-8-6-7-20(17-21)26(29)30)27(33)35-23-11-9-22(10-12-23)34-24-13-15-32(16-14-24)19(3)28/h6-12,17-18,24-25,28H,5,13-16H2,1-4H3,(H3,29,30)/t18-,25-/m0/s1. The number of hydrogen-bond acceptors (Lipinski definition) is 6. The summed E-state index contributed by atoms with van der Waals surface area (Å²) in [5, 5.41) is 15.5. The first kappa shape index (κ1) is 26.1. The van der Waals surface area contributed by atoms with Crippen molar-refractivity contribution in [1.29, 1.82) is 10.8 Å². The van der Waals surface area contributed by atoms with E-state index in [0.717, 1.165) is 43.8 Å². The van der Waals surface area contributed by atoms with Gasteiger partial charge in [0.05, 0.1) is 5.84 Å². The molecule has 2 aromatic carbocycles. The number of ether oxygens (including phenoxy) is 2. The van der Waals surface area contributed by atoms with Crippen LogP contribution in [0.5, 0.6) is 11.5 Å². The normalized spacial score (nSPS) is 15.7. The number of piperidine rings is 1. The summed E-state index contributed by atoms with van der Waals surface area (Å²) in [5.41, 5.74) is 7.06. The molecule has 188 valence electrons. The number of nitrogens with zero attached hydrogens (tertiary/aromatic N) is 2. The highest BCUT2D eigenvalue weighted by atomic mass is 16.5. The van der Waals surface area contributed by atoms with Crippen LogP contribution >= 0.6 is 0 Å². The topological polar surface area (TPSA) is 116 Å². The van der Waals surface area contributed by atoms with E-state index in [1.807, 2.05) is 63.1 Å². The Bertz CT molecular complexity index is 1030. The van der Waals surface area contributed by atoms with E-state index in [0.29, 0.717) is 17.1 Å². The molecule has 2 atom stereocenters. The number of rotatable bonds is 9. The molecule has 0 aromatic heterocycles. The van der Waals surface area contributed by atoms with Gasteiger partial charge in [-0.15, -0.1) is 0 Å². The van der Waals surface area contributed by atoms with Crippen LogP contribution in [0.4, 0.5) is 5.69 Å². The van der Waals surface area contributed by atoms with Crippen molar-refractivity contribution in [3.63, 3.8) is 0 Å². The van der Waals surface area contributed by atoms with Gasteiger partial charge in [-0.05, 0) is 49.2 Å². The van der Waals surface area contributed by atoms with Crippen LogP contribution in [-0.4, -0.2) is 54.8 Å². The molecule has 0 radical (unpaired) electrons. The molecular formula is C27H37N5O3. The average molecular weight is 480 g/mol. The molecule has 0 unspecified atom stereocenters. The zero-order valence-corrected chi connectivity index (χ0v) is 21.1. The number of carbonyl (C=O) groups excluding carboxylic acids is 1. The van der Waals surface area contributed by atoms with Crippen LogP contribution in [0.1, 0.15) is 45.6 Å². The lowest BCUT2D eigenvalue weighted by Gasteiger charge is -2.33. The van der Waals surface area contributed by atoms with Gasteiger partial charge in [0.1, 0.15) is 29.5 Å². The summed E-state index contributed by atoms with van der Waals surface area (Å²) in [4.78, 5) is 17.2. The number of anilines is 1. The Labute approximate surface area is 208 Å². The number of likely N-dealkylation sites (N-methyl/N-ethyl adjacent to an activating group) is 1. The van der Waals surface area contributed by atoms with E-state index < -0.39 is 6.04 Å². The Hall–Kier alpha value is -3.55. The Kier molecular flexibility index (Phi) is 8.73. The van der Waals surface area contributed by atoms with Gasteiger partial charge in [0.2, 0.25) is 0 Å². The summed E-state index contributed by atoms with van der Waals surface area (Å²) in [6, 6.07) is 14.0. The molecule has 0 amide bonds. The van der Waals surface area contributed by atoms with Crippen molar-refractivity contribution >= 4 is 23.3 Å². The van der Waals surface area contributed by atoms with Crippen molar-refractivity contribution in [2.45, 2.75) is 52.2 Å². The maximum Gasteiger partial charge on any atom is 0.334 e. The first-order chi connectivity index (χ1) is 16.7. The second-order valence-corrected chi connectivity index (χ2v) is 9.19. The van der Waals surface area contributed by atoms with Gasteiger partial charge in [-0.2, -0.15) is 0 Å². The number of nitrogens with two attached hydrogens (primary N) is 1. The summed E-state index contributed by atoms with van der Waals surface area (Å²) < 4.78 is 11.9. The highest BCUT2D eigenvalue weighted by Crippen LogP contribution is 2.26. The zero-order chi connectivity index (χ0) is 25.5. The molecule has 8 nitrogen and oxygen atoms in total. The number of nitrogen functional groups attached to an aromatic ring is 1. The Balaban J connectivity index is 1.65. The molecule has 0 saturated carbocycles. The van der Waals surface area contributed by atoms with E-state index in [9.17, 15) is 4.79 Å². The predicted octanol–water partition coefficient (Wildman–Crippen LogP) is 4.27. The quantitative estimate of drug-likeness (QED) is 0.214. The zero-order valence-electron chi connectivity index (χ0n) is 21.1. The molecule has 1 heterocycles. The Morgan fingerprint density at radius 2 is 1.77 bits per heavy atom. The average Bonchev–Trinajstić information content (AvgIpc) is 2.85. The fourth-order valence-electron chi connectivity index (χ4n) is 4.31. The van der Waals surface area contributed by atoms with Gasteiger partial charge >= 0.3 is 5.97 Å². The SMILES string of the molecule is CC[C@H](C)[C@@H](C(=O)Oc1ccc(OC2CCN(C(C)=N)CC2)cc1)N(C)c1cccc(C(=N)N)c1. The van der Waals surface area contributed by atoms with E-state index in [1.54, 1.807) is 18.2 Å². The van der Waals surface area contributed by atoms with Crippen molar-refractivity contribution in [2.24, 2.45) is 11.7 Å². The lowest BCUT2D eigenvalue weighted by atomic mass is 9.97. The van der Waals surface area contributed by atoms with Crippen LogP contribution in [0, 0.1) is 16.7 Å². The van der Waals surface area contributed by atoms with Crippen LogP contribution in [0.2, 0.25) is 0 Å². The van der Waals surface area contributed by atoms with Crippen LogP contribution in [0.25, 0.3) is 0 Å². The molecule has 1 fully saturated rings. The number of nitrogens with one attached hydrogen (secondary N) is 2. The van der Waals surface area contributed by atoms with Crippen LogP contribution in [0.3, 0.4) is 0 Å². The summed E-state index contributed by atoms with van der Waals surface area (Å²) in [7, 11) is 1.86. The van der Waals surface area contributed by atoms with Crippen LogP contribution in [0.15, 0.2) is 48.5 Å². The third-order valence-corrected chi connectivity index (χ3v) is 6.67. The molecule has 2 aromatic rings. The first-order valence-electron chi connectivity index (χ1n) is 12.1. The van der Waals surface area contributed by atoms with Crippen LogP contribution in [-0.2, 0) is 4.79 Å². The largest absolute Gasteiger partial charge is 0.490 e. The fraction of sp³-hybridized carbons (Fsp3) is 0.444. The molecule has 35 heavy (non-hydrogen) atoms. The summed E-state index contributed by atoms with van der Waals surface area (Å²) in [6.07, 6.45) is 2.68. The second-order valence-electron chi connectivity index (χ2n) is 9.19. The monoisotopic (exact) mass is 479 g/mol. The predicted molar refractivity (Wildman–Crippen MR) is 140 cm³/mol. The smallest absolute Gasteiger partial charge is 0.334 e. The number of benzene rings is 2. The van der Waals surface area contributed by atoms with Gasteiger partial charge in [-0.1, -0.05) is 32.4 Å². The minimum absolute atomic E-state index is 0.0133. The third kappa shape index (κ3) is 6.74. The van der Waals surface area contributed by atoms with Gasteiger partial charge in [0.15, 0.2) is 0 Å². The van der Waals surface area contributed by atoms with Crippen LogP contribution < -0.4 is 20.1 Å². The number of amidine groups is 2. The van der Waals surface area contributed by atoms with E-state index in [-0.39, 0.29) is 23.8 Å². The number of hydrogen-bond donors (Lipinski definition) is 3. The lowest BCUT2D eigenvalue weighted by molar-refractivity contribution is -0.137. The van der Waals surface area contributed by atoms with Crippen molar-refractivity contribution in [3.05, 3.63) is 54.1 Å². The molecular weight excluding hydrogens is 442 g/mol. The maximum atomic E-state index is 13.3. The molecule has 1 aliphatic heterocycles. The molecule has 0 aliphatic carbocycles. The highest BCUT2D eigenvalue weighted by Gasteiger charge is 2.31. The minimum atomic E-state index is -0.499. The summed E-state index contributed by atoms with van der Waals surface area (Å²) >= 11 is 0. The lowest BCUT2D eigenvalue weighted by Crippen LogP contribution is -2.45. The Morgan fingerprint density at radius 1 is 1.14 bits per heavy atom. The number of esters is 1. The number of likely N-dealkylation sites (tertiary alicyclic amines) is 1. The second kappa shape index (κ2) is 11.7.